The van der Waals surface area contributed by atoms with Gasteiger partial charge in [-0.25, -0.2) is 0 Å². The first-order valence-electron chi connectivity index (χ1n) is 7.11. The van der Waals surface area contributed by atoms with Crippen LogP contribution in [0.25, 0.3) is 6.08 Å². The molecule has 23 heavy (non-hydrogen) atoms. The molecule has 0 radical (unpaired) electrons. The molecule has 0 aliphatic carbocycles. The molecule has 0 aliphatic heterocycles. The Morgan fingerprint density at radius 2 is 1.87 bits per heavy atom. The highest BCUT2D eigenvalue weighted by atomic mass is 35.5. The maximum absolute atomic E-state index is 11.8. The summed E-state index contributed by atoms with van der Waals surface area (Å²) in [7, 11) is 0. The molecule has 0 fully saturated rings. The van der Waals surface area contributed by atoms with E-state index in [-0.39, 0.29) is 12.5 Å². The van der Waals surface area contributed by atoms with Crippen molar-refractivity contribution in [3.8, 4) is 0 Å². The minimum Gasteiger partial charge on any atom is -0.387 e. The number of carbonyl (C=O) groups excluding carboxylic acids is 1. The van der Waals surface area contributed by atoms with E-state index in [4.69, 9.17) is 23.2 Å². The van der Waals surface area contributed by atoms with Crippen molar-refractivity contribution in [2.45, 2.75) is 13.0 Å². The summed E-state index contributed by atoms with van der Waals surface area (Å²) in [5.74, 6) is -0.290. The summed E-state index contributed by atoms with van der Waals surface area (Å²) in [4.78, 5) is 11.8. The number of amides is 1. The molecule has 1 atom stereocenters. The van der Waals surface area contributed by atoms with Gasteiger partial charge in [-0.1, -0.05) is 59.1 Å². The first kappa shape index (κ1) is 17.5. The Hall–Kier alpha value is -1.81. The van der Waals surface area contributed by atoms with Crippen molar-refractivity contribution in [1.82, 2.24) is 5.32 Å². The van der Waals surface area contributed by atoms with E-state index in [1.807, 2.05) is 31.2 Å². The first-order valence-corrected chi connectivity index (χ1v) is 7.87. The number of aryl methyl sites for hydroxylation is 1. The molecule has 0 bridgehead atoms. The summed E-state index contributed by atoms with van der Waals surface area (Å²) in [5, 5.41) is 13.6. The number of rotatable bonds is 5. The van der Waals surface area contributed by atoms with Gasteiger partial charge in [-0.05, 0) is 36.3 Å². The molecular formula is C18H17Cl2NO2. The summed E-state index contributed by atoms with van der Waals surface area (Å²) in [6.45, 7) is 2.12. The first-order chi connectivity index (χ1) is 11.0. The van der Waals surface area contributed by atoms with Gasteiger partial charge in [0.25, 0.3) is 0 Å². The average Bonchev–Trinajstić information content (AvgIpc) is 2.54. The van der Waals surface area contributed by atoms with Crippen LogP contribution < -0.4 is 5.32 Å². The molecule has 0 saturated carbocycles. The van der Waals surface area contributed by atoms with Crippen molar-refractivity contribution in [1.29, 1.82) is 0 Å². The molecule has 2 aromatic carbocycles. The van der Waals surface area contributed by atoms with Crippen LogP contribution in [0.15, 0.2) is 48.5 Å². The largest absolute Gasteiger partial charge is 0.387 e. The van der Waals surface area contributed by atoms with Gasteiger partial charge in [0.1, 0.15) is 0 Å². The van der Waals surface area contributed by atoms with E-state index in [0.29, 0.717) is 10.0 Å². The number of carbonyl (C=O) groups is 1. The number of aliphatic hydroxyl groups excluding tert-OH is 1. The van der Waals surface area contributed by atoms with Crippen molar-refractivity contribution in [3.63, 3.8) is 0 Å². The fourth-order valence-electron chi connectivity index (χ4n) is 1.95. The Labute approximate surface area is 145 Å². The van der Waals surface area contributed by atoms with Gasteiger partial charge in [-0.3, -0.25) is 4.79 Å². The van der Waals surface area contributed by atoms with Crippen LogP contribution in [0.4, 0.5) is 0 Å². The third-order valence-electron chi connectivity index (χ3n) is 3.30. The van der Waals surface area contributed by atoms with Gasteiger partial charge in [0.15, 0.2) is 0 Å². The predicted octanol–water partition coefficient (Wildman–Crippen LogP) is 4.16. The number of aliphatic hydroxyl groups is 1. The van der Waals surface area contributed by atoms with E-state index in [0.717, 1.165) is 16.7 Å². The Kier molecular flexibility index (Phi) is 6.22. The van der Waals surface area contributed by atoms with Gasteiger partial charge in [-0.15, -0.1) is 0 Å². The van der Waals surface area contributed by atoms with Gasteiger partial charge in [0.2, 0.25) is 5.91 Å². The minimum absolute atomic E-state index is 0.146. The molecule has 1 amide bonds. The van der Waals surface area contributed by atoms with Crippen molar-refractivity contribution >= 4 is 35.2 Å². The van der Waals surface area contributed by atoms with Crippen molar-refractivity contribution in [3.05, 3.63) is 75.3 Å². The molecule has 0 saturated heterocycles. The Bertz CT molecular complexity index is 711. The quantitative estimate of drug-likeness (QED) is 0.796. The van der Waals surface area contributed by atoms with Crippen LogP contribution in [0, 0.1) is 6.92 Å². The number of hydrogen-bond donors (Lipinski definition) is 2. The fraction of sp³-hybridized carbons (Fsp3) is 0.167. The lowest BCUT2D eigenvalue weighted by atomic mass is 10.1. The van der Waals surface area contributed by atoms with Crippen LogP contribution in [0.3, 0.4) is 0 Å². The molecule has 5 heteroatoms. The molecular weight excluding hydrogens is 333 g/mol. The van der Waals surface area contributed by atoms with Crippen molar-refractivity contribution in [2.75, 3.05) is 6.54 Å². The minimum atomic E-state index is -0.738. The normalized spacial score (nSPS) is 12.3. The average molecular weight is 350 g/mol. The fourth-order valence-corrected chi connectivity index (χ4v) is 2.26. The third kappa shape index (κ3) is 5.39. The topological polar surface area (TPSA) is 49.3 Å². The zero-order valence-electron chi connectivity index (χ0n) is 12.6. The predicted molar refractivity (Wildman–Crippen MR) is 94.6 cm³/mol. The van der Waals surface area contributed by atoms with E-state index < -0.39 is 6.10 Å². The molecule has 1 unspecified atom stereocenters. The summed E-state index contributed by atoms with van der Waals surface area (Å²) >= 11 is 11.7. The van der Waals surface area contributed by atoms with E-state index in [1.165, 1.54) is 6.08 Å². The number of halogens is 2. The Balaban J connectivity index is 1.88. The second kappa shape index (κ2) is 8.16. The highest BCUT2D eigenvalue weighted by molar-refractivity contribution is 6.42. The molecule has 0 spiro atoms. The molecule has 0 aliphatic rings. The molecule has 0 heterocycles. The summed E-state index contributed by atoms with van der Waals surface area (Å²) in [6.07, 6.45) is 2.29. The molecule has 120 valence electrons. The highest BCUT2D eigenvalue weighted by Crippen LogP contribution is 2.23. The second-order valence-electron chi connectivity index (χ2n) is 5.18. The van der Waals surface area contributed by atoms with Crippen LogP contribution in [-0.4, -0.2) is 17.6 Å². The molecule has 2 aromatic rings. The lowest BCUT2D eigenvalue weighted by Crippen LogP contribution is -2.26. The summed E-state index contributed by atoms with van der Waals surface area (Å²) in [5.41, 5.74) is 2.66. The molecule has 2 N–H and O–H groups in total. The van der Waals surface area contributed by atoms with Crippen molar-refractivity contribution in [2.24, 2.45) is 0 Å². The number of nitrogens with one attached hydrogen (secondary N) is 1. The standard InChI is InChI=1S/C18H17Cl2NO2/c1-12-2-6-14(7-3-12)17(22)11-21-18(23)9-5-13-4-8-15(19)16(20)10-13/h2-10,17,22H,11H2,1H3,(H,21,23)/b9-5+. The zero-order chi connectivity index (χ0) is 16.8. The van der Waals surface area contributed by atoms with E-state index >= 15 is 0 Å². The third-order valence-corrected chi connectivity index (χ3v) is 4.04. The van der Waals surface area contributed by atoms with Gasteiger partial charge in [0.05, 0.1) is 16.1 Å². The second-order valence-corrected chi connectivity index (χ2v) is 5.99. The Morgan fingerprint density at radius 1 is 1.17 bits per heavy atom. The highest BCUT2D eigenvalue weighted by Gasteiger charge is 2.08. The lowest BCUT2D eigenvalue weighted by Gasteiger charge is -2.11. The lowest BCUT2D eigenvalue weighted by molar-refractivity contribution is -0.116. The van der Waals surface area contributed by atoms with Crippen LogP contribution in [-0.2, 0) is 4.79 Å². The summed E-state index contributed by atoms with van der Waals surface area (Å²) < 4.78 is 0. The summed E-state index contributed by atoms with van der Waals surface area (Å²) in [6, 6.07) is 12.6. The van der Waals surface area contributed by atoms with Gasteiger partial charge >= 0.3 is 0 Å². The number of hydrogen-bond acceptors (Lipinski definition) is 2. The molecule has 3 nitrogen and oxygen atoms in total. The number of benzene rings is 2. The van der Waals surface area contributed by atoms with Gasteiger partial charge in [-0.2, -0.15) is 0 Å². The van der Waals surface area contributed by atoms with Gasteiger partial charge in [0, 0.05) is 12.6 Å². The van der Waals surface area contributed by atoms with Gasteiger partial charge < -0.3 is 10.4 Å². The van der Waals surface area contributed by atoms with Crippen LogP contribution >= 0.6 is 23.2 Å². The molecule has 0 aromatic heterocycles. The smallest absolute Gasteiger partial charge is 0.244 e. The zero-order valence-corrected chi connectivity index (χ0v) is 14.1. The van der Waals surface area contributed by atoms with E-state index in [2.05, 4.69) is 5.32 Å². The van der Waals surface area contributed by atoms with Crippen LogP contribution in [0.5, 0.6) is 0 Å². The maximum atomic E-state index is 11.8. The van der Waals surface area contributed by atoms with Crippen molar-refractivity contribution < 1.29 is 9.90 Å². The molecule has 2 rings (SSSR count). The van der Waals surface area contributed by atoms with Crippen LogP contribution in [0.2, 0.25) is 10.0 Å². The van der Waals surface area contributed by atoms with Crippen LogP contribution in [0.1, 0.15) is 22.8 Å². The maximum Gasteiger partial charge on any atom is 0.244 e. The monoisotopic (exact) mass is 349 g/mol. The van der Waals surface area contributed by atoms with E-state index in [1.54, 1.807) is 24.3 Å². The Morgan fingerprint density at radius 3 is 2.52 bits per heavy atom. The van der Waals surface area contributed by atoms with E-state index in [9.17, 15) is 9.90 Å². The SMILES string of the molecule is Cc1ccc(C(O)CNC(=O)/C=C/c2ccc(Cl)c(Cl)c2)cc1.